The largest absolute Gasteiger partial charge is 0.506 e. The van der Waals surface area contributed by atoms with E-state index in [1.54, 1.807) is 0 Å². The molecule has 5 nitrogen and oxygen atoms in total. The van der Waals surface area contributed by atoms with Crippen molar-refractivity contribution in [3.8, 4) is 5.75 Å². The summed E-state index contributed by atoms with van der Waals surface area (Å²) in [5, 5.41) is 21.1. The molecule has 1 saturated carbocycles. The first-order valence-electron chi connectivity index (χ1n) is 6.92. The number of nitrogens with one attached hydrogen (secondary N) is 1. The SMILES string of the molecule is O=C(CCC1CCCC1)Nc1cc(C(=O)O)ccc1O. The standard InChI is InChI=1S/C15H19NO4/c17-13-7-6-11(15(19)20)9-12(13)16-14(18)8-5-10-3-1-2-4-10/h6-7,9-10,17H,1-5,8H2,(H,16,18)(H,19,20). The summed E-state index contributed by atoms with van der Waals surface area (Å²) in [5.74, 6) is -0.773. The molecule has 1 aromatic rings. The van der Waals surface area contributed by atoms with Crippen LogP contribution in [-0.2, 0) is 4.79 Å². The number of phenolic OH excluding ortho intramolecular Hbond substituents is 1. The number of anilines is 1. The van der Waals surface area contributed by atoms with Gasteiger partial charge in [-0.2, -0.15) is 0 Å². The lowest BCUT2D eigenvalue weighted by molar-refractivity contribution is -0.116. The van der Waals surface area contributed by atoms with Gasteiger partial charge >= 0.3 is 5.97 Å². The highest BCUT2D eigenvalue weighted by Crippen LogP contribution is 2.29. The average Bonchev–Trinajstić information content (AvgIpc) is 2.92. The molecule has 108 valence electrons. The Morgan fingerprint density at radius 3 is 2.60 bits per heavy atom. The molecule has 1 aliphatic rings. The minimum Gasteiger partial charge on any atom is -0.506 e. The van der Waals surface area contributed by atoms with Crippen molar-refractivity contribution >= 4 is 17.6 Å². The van der Waals surface area contributed by atoms with E-state index in [1.807, 2.05) is 0 Å². The van der Waals surface area contributed by atoms with E-state index in [2.05, 4.69) is 5.32 Å². The van der Waals surface area contributed by atoms with Gasteiger partial charge in [0.15, 0.2) is 0 Å². The number of carboxylic acids is 1. The molecule has 2 rings (SSSR count). The Kier molecular flexibility index (Phi) is 4.61. The van der Waals surface area contributed by atoms with Crippen molar-refractivity contribution in [2.24, 2.45) is 5.92 Å². The predicted molar refractivity (Wildman–Crippen MR) is 74.9 cm³/mol. The van der Waals surface area contributed by atoms with Gasteiger partial charge in [0, 0.05) is 6.42 Å². The molecule has 0 saturated heterocycles. The van der Waals surface area contributed by atoms with Gasteiger partial charge in [-0.05, 0) is 30.5 Å². The summed E-state index contributed by atoms with van der Waals surface area (Å²) >= 11 is 0. The monoisotopic (exact) mass is 277 g/mol. The summed E-state index contributed by atoms with van der Waals surface area (Å²) in [7, 11) is 0. The molecule has 1 amide bonds. The number of carbonyl (C=O) groups is 2. The summed E-state index contributed by atoms with van der Waals surface area (Å²) in [6.45, 7) is 0. The average molecular weight is 277 g/mol. The minimum absolute atomic E-state index is 0.0360. The van der Waals surface area contributed by atoms with Crippen molar-refractivity contribution in [2.75, 3.05) is 5.32 Å². The Hall–Kier alpha value is -2.04. The van der Waals surface area contributed by atoms with Crippen LogP contribution in [0.25, 0.3) is 0 Å². The molecule has 20 heavy (non-hydrogen) atoms. The van der Waals surface area contributed by atoms with E-state index in [-0.39, 0.29) is 22.9 Å². The molecule has 1 aromatic carbocycles. The number of hydrogen-bond acceptors (Lipinski definition) is 3. The van der Waals surface area contributed by atoms with Gasteiger partial charge in [0.05, 0.1) is 11.3 Å². The third-order valence-corrected chi connectivity index (χ3v) is 3.77. The van der Waals surface area contributed by atoms with Crippen LogP contribution in [0.4, 0.5) is 5.69 Å². The van der Waals surface area contributed by atoms with E-state index >= 15 is 0 Å². The normalized spacial score (nSPS) is 15.2. The fourth-order valence-electron chi connectivity index (χ4n) is 2.62. The number of carboxylic acid groups (broad SMARTS) is 1. The summed E-state index contributed by atoms with van der Waals surface area (Å²) < 4.78 is 0. The Morgan fingerprint density at radius 1 is 1.25 bits per heavy atom. The van der Waals surface area contributed by atoms with E-state index < -0.39 is 5.97 Å². The third kappa shape index (κ3) is 3.73. The van der Waals surface area contributed by atoms with Crippen LogP contribution in [0.5, 0.6) is 5.75 Å². The zero-order valence-corrected chi connectivity index (χ0v) is 11.3. The van der Waals surface area contributed by atoms with Gasteiger partial charge in [-0.1, -0.05) is 25.7 Å². The molecule has 0 heterocycles. The van der Waals surface area contributed by atoms with E-state index in [4.69, 9.17) is 5.11 Å². The number of rotatable bonds is 5. The van der Waals surface area contributed by atoms with Crippen molar-refractivity contribution in [1.82, 2.24) is 0 Å². The molecule has 0 spiro atoms. The van der Waals surface area contributed by atoms with E-state index in [0.717, 1.165) is 6.42 Å². The van der Waals surface area contributed by atoms with Gasteiger partial charge in [0.2, 0.25) is 5.91 Å². The number of benzene rings is 1. The topological polar surface area (TPSA) is 86.6 Å². The van der Waals surface area contributed by atoms with Crippen molar-refractivity contribution in [2.45, 2.75) is 38.5 Å². The Balaban J connectivity index is 1.92. The fraction of sp³-hybridized carbons (Fsp3) is 0.467. The van der Waals surface area contributed by atoms with Crippen LogP contribution in [0.15, 0.2) is 18.2 Å². The number of carbonyl (C=O) groups excluding carboxylic acids is 1. The second kappa shape index (κ2) is 6.41. The van der Waals surface area contributed by atoms with Gasteiger partial charge in [-0.3, -0.25) is 4.79 Å². The molecule has 1 fully saturated rings. The van der Waals surface area contributed by atoms with Crippen LogP contribution in [0, 0.1) is 5.92 Å². The zero-order valence-electron chi connectivity index (χ0n) is 11.3. The van der Waals surface area contributed by atoms with Gasteiger partial charge < -0.3 is 15.5 Å². The maximum atomic E-state index is 11.8. The second-order valence-electron chi connectivity index (χ2n) is 5.27. The molecule has 0 unspecified atom stereocenters. The smallest absolute Gasteiger partial charge is 0.335 e. The molecular formula is C15H19NO4. The quantitative estimate of drug-likeness (QED) is 0.722. The number of phenols is 1. The maximum absolute atomic E-state index is 11.8. The van der Waals surface area contributed by atoms with Crippen LogP contribution in [-0.4, -0.2) is 22.1 Å². The minimum atomic E-state index is -1.09. The number of aromatic hydroxyl groups is 1. The highest BCUT2D eigenvalue weighted by molar-refractivity contribution is 5.95. The zero-order chi connectivity index (χ0) is 14.5. The molecule has 3 N–H and O–H groups in total. The van der Waals surface area contributed by atoms with Crippen molar-refractivity contribution < 1.29 is 19.8 Å². The van der Waals surface area contributed by atoms with Crippen LogP contribution >= 0.6 is 0 Å². The first-order valence-corrected chi connectivity index (χ1v) is 6.92. The first kappa shape index (κ1) is 14.4. The van der Waals surface area contributed by atoms with Crippen LogP contribution in [0.3, 0.4) is 0 Å². The second-order valence-corrected chi connectivity index (χ2v) is 5.27. The maximum Gasteiger partial charge on any atom is 0.335 e. The Labute approximate surface area is 117 Å². The van der Waals surface area contributed by atoms with E-state index in [1.165, 1.54) is 43.9 Å². The van der Waals surface area contributed by atoms with Crippen LogP contribution in [0.2, 0.25) is 0 Å². The van der Waals surface area contributed by atoms with Crippen molar-refractivity contribution in [3.63, 3.8) is 0 Å². The molecule has 0 bridgehead atoms. The molecule has 0 atom stereocenters. The molecule has 1 aliphatic carbocycles. The summed E-state index contributed by atoms with van der Waals surface area (Å²) in [5.41, 5.74) is 0.190. The van der Waals surface area contributed by atoms with Gasteiger partial charge in [-0.15, -0.1) is 0 Å². The van der Waals surface area contributed by atoms with Crippen molar-refractivity contribution in [3.05, 3.63) is 23.8 Å². The summed E-state index contributed by atoms with van der Waals surface area (Å²) in [6, 6.07) is 3.84. The summed E-state index contributed by atoms with van der Waals surface area (Å²) in [6.07, 6.45) is 6.12. The first-order chi connectivity index (χ1) is 9.56. The van der Waals surface area contributed by atoms with Gasteiger partial charge in [-0.25, -0.2) is 4.79 Å². The van der Waals surface area contributed by atoms with Crippen LogP contribution in [0.1, 0.15) is 48.9 Å². The van der Waals surface area contributed by atoms with Gasteiger partial charge in [0.25, 0.3) is 0 Å². The van der Waals surface area contributed by atoms with E-state index in [9.17, 15) is 14.7 Å². The molecule has 0 radical (unpaired) electrons. The molecular weight excluding hydrogens is 258 g/mol. The number of amides is 1. The van der Waals surface area contributed by atoms with Crippen LogP contribution < -0.4 is 5.32 Å². The Bertz CT molecular complexity index is 507. The lowest BCUT2D eigenvalue weighted by Gasteiger charge is -2.10. The lowest BCUT2D eigenvalue weighted by atomic mass is 10.0. The lowest BCUT2D eigenvalue weighted by Crippen LogP contribution is -2.13. The fourth-order valence-corrected chi connectivity index (χ4v) is 2.62. The number of aromatic carboxylic acids is 1. The Morgan fingerprint density at radius 2 is 1.95 bits per heavy atom. The van der Waals surface area contributed by atoms with Crippen molar-refractivity contribution in [1.29, 1.82) is 0 Å². The molecule has 0 aliphatic heterocycles. The van der Waals surface area contributed by atoms with E-state index in [0.29, 0.717) is 12.3 Å². The predicted octanol–water partition coefficient (Wildman–Crippen LogP) is 3.00. The molecule has 5 heteroatoms. The molecule has 0 aromatic heterocycles. The third-order valence-electron chi connectivity index (χ3n) is 3.77. The summed E-state index contributed by atoms with van der Waals surface area (Å²) in [4.78, 5) is 22.7. The number of hydrogen-bond donors (Lipinski definition) is 3. The van der Waals surface area contributed by atoms with Gasteiger partial charge in [0.1, 0.15) is 5.75 Å². The highest BCUT2D eigenvalue weighted by Gasteiger charge is 2.17. The highest BCUT2D eigenvalue weighted by atomic mass is 16.4.